The second kappa shape index (κ2) is 4.76. The van der Waals surface area contributed by atoms with Crippen LogP contribution in [0.15, 0.2) is 0 Å². The second-order valence-corrected chi connectivity index (χ2v) is 6.00. The number of rotatable bonds is 1. The molecule has 0 aromatic rings. The average molecular weight is 259 g/mol. The molecule has 104 valence electrons. The Morgan fingerprint density at radius 3 is 2.39 bits per heavy atom. The van der Waals surface area contributed by atoms with E-state index in [1.54, 1.807) is 27.7 Å². The summed E-state index contributed by atoms with van der Waals surface area (Å²) in [6.07, 6.45) is -0.125. The van der Waals surface area contributed by atoms with E-state index in [-0.39, 0.29) is 13.0 Å². The number of aliphatic hydroxyl groups is 1. The number of hydrogen-bond acceptors (Lipinski definition) is 4. The number of likely N-dealkylation sites (tertiary alicyclic amines) is 1. The van der Waals surface area contributed by atoms with Gasteiger partial charge in [0.25, 0.3) is 0 Å². The highest BCUT2D eigenvalue weighted by Gasteiger charge is 2.42. The predicted octanol–water partition coefficient (Wildman–Crippen LogP) is 1.22. The van der Waals surface area contributed by atoms with E-state index < -0.39 is 29.3 Å². The topological polar surface area (TPSA) is 87.1 Å². The molecule has 6 nitrogen and oxygen atoms in total. The maximum Gasteiger partial charge on any atom is 0.411 e. The first kappa shape index (κ1) is 14.8. The van der Waals surface area contributed by atoms with Crippen LogP contribution in [0, 0.1) is 0 Å². The number of amides is 1. The van der Waals surface area contributed by atoms with Crippen molar-refractivity contribution in [2.45, 2.75) is 57.8 Å². The third-order valence-corrected chi connectivity index (χ3v) is 2.76. The summed E-state index contributed by atoms with van der Waals surface area (Å²) in [5.74, 6) is -1.07. The Labute approximate surface area is 107 Å². The number of aliphatic carboxylic acids is 1. The monoisotopic (exact) mass is 259 g/mol. The van der Waals surface area contributed by atoms with Crippen molar-refractivity contribution >= 4 is 12.1 Å². The van der Waals surface area contributed by atoms with Gasteiger partial charge in [-0.15, -0.1) is 0 Å². The zero-order valence-corrected chi connectivity index (χ0v) is 11.3. The van der Waals surface area contributed by atoms with Gasteiger partial charge in [-0.2, -0.15) is 0 Å². The fourth-order valence-electron chi connectivity index (χ4n) is 1.93. The van der Waals surface area contributed by atoms with Crippen LogP contribution in [0.1, 0.15) is 40.5 Å². The van der Waals surface area contributed by atoms with Gasteiger partial charge in [-0.1, -0.05) is 0 Å². The first-order valence-electron chi connectivity index (χ1n) is 5.97. The van der Waals surface area contributed by atoms with Crippen LogP contribution < -0.4 is 0 Å². The van der Waals surface area contributed by atoms with Gasteiger partial charge in [-0.3, -0.25) is 4.90 Å². The molecule has 1 fully saturated rings. The quantitative estimate of drug-likeness (QED) is 0.739. The molecule has 0 saturated carbocycles. The van der Waals surface area contributed by atoms with Crippen LogP contribution in [0.5, 0.6) is 0 Å². The van der Waals surface area contributed by atoms with Crippen LogP contribution >= 0.6 is 0 Å². The summed E-state index contributed by atoms with van der Waals surface area (Å²) in [4.78, 5) is 24.2. The number of β-amino-alcohol motifs (C(OH)–C–C–N with tert-alkyl or cyclic N) is 1. The van der Waals surface area contributed by atoms with Crippen LogP contribution in [0.2, 0.25) is 0 Å². The fourth-order valence-corrected chi connectivity index (χ4v) is 1.93. The SMILES string of the molecule is CC1(O)CC[C@@H](C(=O)O)N(C(=O)OC(C)(C)C)C1. The van der Waals surface area contributed by atoms with Crippen molar-refractivity contribution in [3.8, 4) is 0 Å². The van der Waals surface area contributed by atoms with Crippen molar-refractivity contribution in [1.82, 2.24) is 4.90 Å². The first-order chi connectivity index (χ1) is 8.02. The molecule has 18 heavy (non-hydrogen) atoms. The van der Waals surface area contributed by atoms with Crippen molar-refractivity contribution < 1.29 is 24.5 Å². The van der Waals surface area contributed by atoms with Crippen molar-refractivity contribution in [2.24, 2.45) is 0 Å². The minimum absolute atomic E-state index is 0.0289. The molecule has 1 rings (SSSR count). The molecule has 1 unspecified atom stereocenters. The lowest BCUT2D eigenvalue weighted by molar-refractivity contribution is -0.148. The molecule has 1 aliphatic heterocycles. The van der Waals surface area contributed by atoms with E-state index >= 15 is 0 Å². The maximum absolute atomic E-state index is 11.9. The highest BCUT2D eigenvalue weighted by Crippen LogP contribution is 2.27. The molecule has 0 aromatic carbocycles. The standard InChI is InChI=1S/C12H21NO5/c1-11(2,3)18-10(16)13-7-12(4,17)6-5-8(13)9(14)15/h8,17H,5-7H2,1-4H3,(H,14,15)/t8-,12?/m0/s1. The predicted molar refractivity (Wildman–Crippen MR) is 64.2 cm³/mol. The minimum Gasteiger partial charge on any atom is -0.480 e. The Hall–Kier alpha value is -1.30. The van der Waals surface area contributed by atoms with Crippen LogP contribution in [-0.2, 0) is 9.53 Å². The van der Waals surface area contributed by atoms with Crippen LogP contribution in [0.3, 0.4) is 0 Å². The van der Waals surface area contributed by atoms with Gasteiger partial charge >= 0.3 is 12.1 Å². The van der Waals surface area contributed by atoms with Gasteiger partial charge in [0.1, 0.15) is 11.6 Å². The number of piperidine rings is 1. The normalized spacial score (nSPS) is 28.9. The van der Waals surface area contributed by atoms with E-state index in [0.29, 0.717) is 6.42 Å². The average Bonchev–Trinajstić information content (AvgIpc) is 2.12. The Kier molecular flexibility index (Phi) is 3.90. The van der Waals surface area contributed by atoms with Crippen molar-refractivity contribution in [2.75, 3.05) is 6.54 Å². The number of carbonyl (C=O) groups excluding carboxylic acids is 1. The van der Waals surface area contributed by atoms with E-state index in [9.17, 15) is 14.7 Å². The molecule has 2 N–H and O–H groups in total. The van der Waals surface area contributed by atoms with Crippen molar-refractivity contribution in [3.63, 3.8) is 0 Å². The molecule has 1 saturated heterocycles. The molecule has 1 heterocycles. The smallest absolute Gasteiger partial charge is 0.411 e. The van der Waals surface area contributed by atoms with Gasteiger partial charge in [0, 0.05) is 0 Å². The number of ether oxygens (including phenoxy) is 1. The lowest BCUT2D eigenvalue weighted by Crippen LogP contribution is -2.57. The maximum atomic E-state index is 11.9. The van der Waals surface area contributed by atoms with E-state index in [1.165, 1.54) is 0 Å². The van der Waals surface area contributed by atoms with Crippen molar-refractivity contribution in [3.05, 3.63) is 0 Å². The van der Waals surface area contributed by atoms with Gasteiger partial charge in [-0.05, 0) is 40.5 Å². The third-order valence-electron chi connectivity index (χ3n) is 2.76. The van der Waals surface area contributed by atoms with Gasteiger partial charge < -0.3 is 14.9 Å². The molecule has 1 amide bonds. The molecule has 0 spiro atoms. The minimum atomic E-state index is -1.07. The van der Waals surface area contributed by atoms with Crippen LogP contribution in [-0.4, -0.2) is 51.0 Å². The summed E-state index contributed by atoms with van der Waals surface area (Å²) in [6, 6.07) is -0.930. The van der Waals surface area contributed by atoms with Gasteiger partial charge in [0.15, 0.2) is 0 Å². The molecular formula is C12H21NO5. The molecule has 1 aliphatic rings. The molecule has 2 atom stereocenters. The number of hydrogen-bond donors (Lipinski definition) is 2. The van der Waals surface area contributed by atoms with Crippen molar-refractivity contribution in [1.29, 1.82) is 0 Å². The van der Waals surface area contributed by atoms with E-state index in [1.807, 2.05) is 0 Å². The summed E-state index contributed by atoms with van der Waals surface area (Å²) < 4.78 is 5.16. The van der Waals surface area contributed by atoms with Gasteiger partial charge in [0.2, 0.25) is 0 Å². The second-order valence-electron chi connectivity index (χ2n) is 6.00. The fraction of sp³-hybridized carbons (Fsp3) is 0.833. The first-order valence-corrected chi connectivity index (χ1v) is 5.97. The van der Waals surface area contributed by atoms with E-state index in [4.69, 9.17) is 9.84 Å². The van der Waals surface area contributed by atoms with Gasteiger partial charge in [-0.25, -0.2) is 9.59 Å². The Morgan fingerprint density at radius 2 is 1.94 bits per heavy atom. The molecule has 6 heteroatoms. The Bertz CT molecular complexity index is 345. The summed E-state index contributed by atoms with van der Waals surface area (Å²) in [5, 5.41) is 19.0. The summed E-state index contributed by atoms with van der Waals surface area (Å²) in [6.45, 7) is 6.69. The third kappa shape index (κ3) is 3.87. The zero-order chi connectivity index (χ0) is 14.1. The van der Waals surface area contributed by atoms with E-state index in [0.717, 1.165) is 4.90 Å². The number of carbonyl (C=O) groups is 2. The van der Waals surface area contributed by atoms with Crippen LogP contribution in [0.4, 0.5) is 4.79 Å². The summed E-state index contributed by atoms with van der Waals surface area (Å²) >= 11 is 0. The molecule has 0 radical (unpaired) electrons. The molecule has 0 aliphatic carbocycles. The van der Waals surface area contributed by atoms with E-state index in [2.05, 4.69) is 0 Å². The highest BCUT2D eigenvalue weighted by atomic mass is 16.6. The lowest BCUT2D eigenvalue weighted by Gasteiger charge is -2.41. The Balaban J connectivity index is 2.85. The zero-order valence-electron chi connectivity index (χ0n) is 11.3. The summed E-state index contributed by atoms with van der Waals surface area (Å²) in [5.41, 5.74) is -1.76. The lowest BCUT2D eigenvalue weighted by atomic mass is 9.90. The molecule has 0 bridgehead atoms. The highest BCUT2D eigenvalue weighted by molar-refractivity contribution is 5.80. The van der Waals surface area contributed by atoms with Crippen LogP contribution in [0.25, 0.3) is 0 Å². The largest absolute Gasteiger partial charge is 0.480 e. The summed E-state index contributed by atoms with van der Waals surface area (Å²) in [7, 11) is 0. The van der Waals surface area contributed by atoms with Gasteiger partial charge in [0.05, 0.1) is 12.1 Å². The number of nitrogens with zero attached hydrogens (tertiary/aromatic N) is 1. The number of carboxylic acids is 1. The molecule has 0 aromatic heterocycles. The number of carboxylic acid groups (broad SMARTS) is 1. The Morgan fingerprint density at radius 1 is 1.39 bits per heavy atom. The molecular weight excluding hydrogens is 238 g/mol.